The van der Waals surface area contributed by atoms with Gasteiger partial charge in [-0.2, -0.15) is 0 Å². The Bertz CT molecular complexity index is 161. The molecular formula is C9H16O4. The summed E-state index contributed by atoms with van der Waals surface area (Å²) in [7, 11) is 0. The quantitative estimate of drug-likeness (QED) is 0.377. The Kier molecular flexibility index (Phi) is 12.0. The van der Waals surface area contributed by atoms with E-state index in [4.69, 9.17) is 10.2 Å². The number of hydrogen-bond donors (Lipinski definition) is 2. The lowest BCUT2D eigenvalue weighted by Crippen LogP contribution is -2.03. The maximum Gasteiger partial charge on any atom is 0.333 e. The molecule has 4 nitrogen and oxygen atoms in total. The average Bonchev–Trinajstić information content (AvgIpc) is 2.14. The Morgan fingerprint density at radius 3 is 2.15 bits per heavy atom. The molecule has 0 amide bonds. The fraction of sp³-hybridized carbons (Fsp3) is 0.444. The molecule has 76 valence electrons. The Balaban J connectivity index is 0. The number of esters is 1. The number of aliphatic hydroxyl groups is 2. The summed E-state index contributed by atoms with van der Waals surface area (Å²) in [6.07, 6.45) is 1.51. The van der Waals surface area contributed by atoms with Crippen LogP contribution in [0.4, 0.5) is 0 Å². The SMILES string of the molecule is C=CCOC(=O)C(=C)C.OCCO. The van der Waals surface area contributed by atoms with Crippen molar-refractivity contribution in [3.63, 3.8) is 0 Å². The summed E-state index contributed by atoms with van der Waals surface area (Å²) in [4.78, 5) is 10.5. The van der Waals surface area contributed by atoms with Crippen LogP contribution in [0.1, 0.15) is 6.92 Å². The summed E-state index contributed by atoms with van der Waals surface area (Å²) >= 11 is 0. The second kappa shape index (κ2) is 10.9. The fourth-order valence-corrected chi connectivity index (χ4v) is 0.258. The lowest BCUT2D eigenvalue weighted by molar-refractivity contribution is -0.137. The minimum Gasteiger partial charge on any atom is -0.458 e. The van der Waals surface area contributed by atoms with Gasteiger partial charge in [0.1, 0.15) is 6.61 Å². The van der Waals surface area contributed by atoms with Crippen LogP contribution >= 0.6 is 0 Å². The molecule has 0 atom stereocenters. The average molecular weight is 188 g/mol. The highest BCUT2D eigenvalue weighted by molar-refractivity contribution is 5.86. The number of carbonyl (C=O) groups excluding carboxylic acids is 1. The van der Waals surface area contributed by atoms with Gasteiger partial charge >= 0.3 is 5.97 Å². The van der Waals surface area contributed by atoms with E-state index < -0.39 is 0 Å². The Morgan fingerprint density at radius 1 is 1.46 bits per heavy atom. The smallest absolute Gasteiger partial charge is 0.333 e. The number of rotatable bonds is 4. The van der Waals surface area contributed by atoms with Crippen LogP contribution in [0.2, 0.25) is 0 Å². The van der Waals surface area contributed by atoms with E-state index >= 15 is 0 Å². The minimum absolute atomic E-state index is 0.125. The van der Waals surface area contributed by atoms with E-state index in [1.807, 2.05) is 0 Å². The largest absolute Gasteiger partial charge is 0.458 e. The Hall–Kier alpha value is -1.13. The van der Waals surface area contributed by atoms with Gasteiger partial charge in [-0.15, -0.1) is 0 Å². The third-order valence-electron chi connectivity index (χ3n) is 0.781. The molecule has 0 aliphatic heterocycles. The van der Waals surface area contributed by atoms with Gasteiger partial charge in [-0.05, 0) is 6.92 Å². The van der Waals surface area contributed by atoms with Crippen molar-refractivity contribution in [2.45, 2.75) is 6.92 Å². The summed E-state index contributed by atoms with van der Waals surface area (Å²) in [5.41, 5.74) is 0.414. The van der Waals surface area contributed by atoms with Gasteiger partial charge in [0.05, 0.1) is 13.2 Å². The predicted molar refractivity (Wildman–Crippen MR) is 50.1 cm³/mol. The van der Waals surface area contributed by atoms with Gasteiger partial charge in [0.15, 0.2) is 0 Å². The molecule has 0 aromatic heterocycles. The normalized spacial score (nSPS) is 7.92. The molecule has 0 unspecified atom stereocenters. The van der Waals surface area contributed by atoms with E-state index in [1.54, 1.807) is 6.92 Å². The molecule has 0 aliphatic rings. The highest BCUT2D eigenvalue weighted by Crippen LogP contribution is 1.90. The summed E-state index contributed by atoms with van der Waals surface area (Å²) in [6, 6.07) is 0. The zero-order valence-corrected chi connectivity index (χ0v) is 7.82. The summed E-state index contributed by atoms with van der Waals surface area (Å²) in [5.74, 6) is -0.366. The van der Waals surface area contributed by atoms with E-state index in [1.165, 1.54) is 6.08 Å². The molecule has 4 heteroatoms. The molecule has 0 bridgehead atoms. The number of carbonyl (C=O) groups is 1. The molecule has 0 radical (unpaired) electrons. The predicted octanol–water partition coefficient (Wildman–Crippen LogP) is 0.263. The topological polar surface area (TPSA) is 66.8 Å². The lowest BCUT2D eigenvalue weighted by Gasteiger charge is -1.97. The standard InChI is InChI=1S/C7H10O2.C2H6O2/c1-4-5-9-7(8)6(2)3;3-1-2-4/h4H,1-2,5H2,3H3;3-4H,1-2H2. The van der Waals surface area contributed by atoms with Gasteiger partial charge < -0.3 is 14.9 Å². The molecular weight excluding hydrogens is 172 g/mol. The van der Waals surface area contributed by atoms with Crippen LogP contribution in [-0.4, -0.2) is 36.0 Å². The van der Waals surface area contributed by atoms with Crippen molar-refractivity contribution in [1.29, 1.82) is 0 Å². The van der Waals surface area contributed by atoms with E-state index in [9.17, 15) is 4.79 Å². The zero-order chi connectivity index (χ0) is 10.7. The van der Waals surface area contributed by atoms with E-state index in [0.29, 0.717) is 5.57 Å². The van der Waals surface area contributed by atoms with E-state index in [2.05, 4.69) is 17.9 Å². The van der Waals surface area contributed by atoms with Crippen LogP contribution in [0.5, 0.6) is 0 Å². The summed E-state index contributed by atoms with van der Waals surface area (Å²) < 4.78 is 4.60. The molecule has 13 heavy (non-hydrogen) atoms. The van der Waals surface area contributed by atoms with Gasteiger partial charge in [0.2, 0.25) is 0 Å². The first kappa shape index (κ1) is 14.4. The van der Waals surface area contributed by atoms with Crippen molar-refractivity contribution in [2.24, 2.45) is 0 Å². The number of hydrogen-bond acceptors (Lipinski definition) is 4. The van der Waals surface area contributed by atoms with Crippen LogP contribution in [-0.2, 0) is 9.53 Å². The molecule has 0 aromatic rings. The van der Waals surface area contributed by atoms with Crippen LogP contribution in [0.3, 0.4) is 0 Å². The van der Waals surface area contributed by atoms with Crippen molar-refractivity contribution in [2.75, 3.05) is 19.8 Å². The summed E-state index contributed by atoms with van der Waals surface area (Å²) in [5, 5.41) is 15.2. The second-order valence-corrected chi connectivity index (χ2v) is 2.11. The Morgan fingerprint density at radius 2 is 1.92 bits per heavy atom. The fourth-order valence-electron chi connectivity index (χ4n) is 0.258. The highest BCUT2D eigenvalue weighted by atomic mass is 16.5. The molecule has 0 fully saturated rings. The van der Waals surface area contributed by atoms with Crippen molar-refractivity contribution in [3.8, 4) is 0 Å². The molecule has 0 aliphatic carbocycles. The van der Waals surface area contributed by atoms with Crippen LogP contribution in [0.25, 0.3) is 0 Å². The van der Waals surface area contributed by atoms with E-state index in [-0.39, 0.29) is 25.8 Å². The first-order valence-corrected chi connectivity index (χ1v) is 3.75. The van der Waals surface area contributed by atoms with Crippen molar-refractivity contribution >= 4 is 5.97 Å². The van der Waals surface area contributed by atoms with Crippen LogP contribution < -0.4 is 0 Å². The number of ether oxygens (including phenoxy) is 1. The molecule has 0 saturated heterocycles. The van der Waals surface area contributed by atoms with Crippen LogP contribution in [0, 0.1) is 0 Å². The van der Waals surface area contributed by atoms with E-state index in [0.717, 1.165) is 0 Å². The Labute approximate surface area is 78.1 Å². The molecule has 0 aromatic carbocycles. The maximum absolute atomic E-state index is 10.5. The lowest BCUT2D eigenvalue weighted by atomic mass is 10.4. The zero-order valence-electron chi connectivity index (χ0n) is 7.82. The van der Waals surface area contributed by atoms with Crippen molar-refractivity contribution in [3.05, 3.63) is 24.8 Å². The highest BCUT2D eigenvalue weighted by Gasteiger charge is 1.98. The van der Waals surface area contributed by atoms with Crippen molar-refractivity contribution in [1.82, 2.24) is 0 Å². The minimum atomic E-state index is -0.366. The second-order valence-electron chi connectivity index (χ2n) is 2.11. The maximum atomic E-state index is 10.5. The van der Waals surface area contributed by atoms with Gasteiger partial charge in [-0.1, -0.05) is 19.2 Å². The molecule has 0 spiro atoms. The monoisotopic (exact) mass is 188 g/mol. The third-order valence-corrected chi connectivity index (χ3v) is 0.781. The summed E-state index contributed by atoms with van der Waals surface area (Å²) in [6.45, 7) is 8.39. The van der Waals surface area contributed by atoms with Gasteiger partial charge in [0, 0.05) is 5.57 Å². The molecule has 0 heterocycles. The first-order chi connectivity index (χ1) is 6.09. The van der Waals surface area contributed by atoms with Crippen molar-refractivity contribution < 1.29 is 19.7 Å². The first-order valence-electron chi connectivity index (χ1n) is 3.75. The molecule has 0 rings (SSSR count). The van der Waals surface area contributed by atoms with Crippen LogP contribution in [0.15, 0.2) is 24.8 Å². The third kappa shape index (κ3) is 13.8. The number of aliphatic hydroxyl groups excluding tert-OH is 2. The molecule has 0 saturated carbocycles. The molecule has 2 N–H and O–H groups in total. The van der Waals surface area contributed by atoms with Gasteiger partial charge in [-0.25, -0.2) is 4.79 Å². The van der Waals surface area contributed by atoms with Gasteiger partial charge in [-0.3, -0.25) is 0 Å². The van der Waals surface area contributed by atoms with Gasteiger partial charge in [0.25, 0.3) is 0 Å².